The fraction of sp³-hybridized carbons (Fsp3) is 0.280. The molecule has 1 saturated heterocycles. The van der Waals surface area contributed by atoms with Gasteiger partial charge in [-0.05, 0) is 49.1 Å². The van der Waals surface area contributed by atoms with Crippen LogP contribution in [0.2, 0.25) is 0 Å². The number of benzene rings is 1. The summed E-state index contributed by atoms with van der Waals surface area (Å²) in [7, 11) is 1.52. The van der Waals surface area contributed by atoms with Gasteiger partial charge in [-0.25, -0.2) is 14.8 Å². The highest BCUT2D eigenvalue weighted by Gasteiger charge is 2.24. The van der Waals surface area contributed by atoms with E-state index >= 15 is 0 Å². The van der Waals surface area contributed by atoms with E-state index in [-0.39, 0.29) is 11.9 Å². The van der Waals surface area contributed by atoms with E-state index in [0.717, 1.165) is 23.4 Å². The molecule has 8 heteroatoms. The van der Waals surface area contributed by atoms with Crippen LogP contribution in [0.4, 0.5) is 10.6 Å². The Morgan fingerprint density at radius 2 is 2.00 bits per heavy atom. The van der Waals surface area contributed by atoms with Crippen molar-refractivity contribution in [2.45, 2.75) is 20.3 Å². The van der Waals surface area contributed by atoms with Gasteiger partial charge < -0.3 is 14.4 Å². The number of pyridine rings is 1. The molecule has 2 amide bonds. The number of likely N-dealkylation sites (tertiary alicyclic amines) is 1. The standard InChI is InChI=1S/C25H27N5O3/c1-17-16-30(25(31)29-23-14-28-24(32-3)15-27-23)10-9-20(17)11-19-5-4-6-21(12-19)33-22-8-7-18(2)26-13-22/h4-8,11-15,17H,9-10,16H2,1-3H3,(H,27,29,31). The van der Waals surface area contributed by atoms with Crippen molar-refractivity contribution in [1.82, 2.24) is 19.9 Å². The van der Waals surface area contributed by atoms with Crippen molar-refractivity contribution in [3.8, 4) is 17.4 Å². The van der Waals surface area contributed by atoms with Gasteiger partial charge in [0.25, 0.3) is 0 Å². The number of hydrogen-bond acceptors (Lipinski definition) is 6. The molecule has 1 fully saturated rings. The highest BCUT2D eigenvalue weighted by Crippen LogP contribution is 2.28. The van der Waals surface area contributed by atoms with Gasteiger partial charge in [0.1, 0.15) is 11.5 Å². The van der Waals surface area contributed by atoms with Gasteiger partial charge in [0.05, 0.1) is 25.7 Å². The molecule has 1 atom stereocenters. The molecule has 2 aromatic heterocycles. The predicted molar refractivity (Wildman–Crippen MR) is 126 cm³/mol. The van der Waals surface area contributed by atoms with Crippen LogP contribution >= 0.6 is 0 Å². The second-order valence-electron chi connectivity index (χ2n) is 8.00. The molecule has 4 rings (SSSR count). The third kappa shape index (κ3) is 5.85. The number of ether oxygens (including phenoxy) is 2. The number of hydrogen-bond donors (Lipinski definition) is 1. The molecule has 0 saturated carbocycles. The van der Waals surface area contributed by atoms with Crippen LogP contribution in [0, 0.1) is 12.8 Å². The lowest BCUT2D eigenvalue weighted by Gasteiger charge is -2.33. The van der Waals surface area contributed by atoms with E-state index in [1.165, 1.54) is 25.1 Å². The number of rotatable bonds is 5. The first-order valence-electron chi connectivity index (χ1n) is 10.8. The number of amides is 2. The summed E-state index contributed by atoms with van der Waals surface area (Å²) < 4.78 is 10.9. The minimum Gasteiger partial charge on any atom is -0.480 e. The molecular formula is C25H27N5O3. The van der Waals surface area contributed by atoms with Gasteiger partial charge in [0.15, 0.2) is 5.82 Å². The summed E-state index contributed by atoms with van der Waals surface area (Å²) in [6.07, 6.45) is 7.67. The number of urea groups is 1. The van der Waals surface area contributed by atoms with Crippen LogP contribution in [0.1, 0.15) is 24.6 Å². The molecule has 1 unspecified atom stereocenters. The number of nitrogens with zero attached hydrogens (tertiary/aromatic N) is 4. The average molecular weight is 446 g/mol. The van der Waals surface area contributed by atoms with Crippen LogP contribution in [0.5, 0.6) is 17.4 Å². The maximum Gasteiger partial charge on any atom is 0.323 e. The molecule has 3 heterocycles. The normalized spacial score (nSPS) is 17.0. The summed E-state index contributed by atoms with van der Waals surface area (Å²) in [5, 5.41) is 2.80. The Kier molecular flexibility index (Phi) is 6.83. The van der Waals surface area contributed by atoms with E-state index in [2.05, 4.69) is 39.3 Å². The minimum absolute atomic E-state index is 0.178. The first-order chi connectivity index (χ1) is 16.0. The topological polar surface area (TPSA) is 89.5 Å². The van der Waals surface area contributed by atoms with Gasteiger partial charge in [-0.15, -0.1) is 0 Å². The van der Waals surface area contributed by atoms with Gasteiger partial charge >= 0.3 is 6.03 Å². The van der Waals surface area contributed by atoms with Crippen molar-refractivity contribution in [2.24, 2.45) is 5.92 Å². The number of aryl methyl sites for hydroxylation is 1. The third-order valence-electron chi connectivity index (χ3n) is 5.49. The molecule has 8 nitrogen and oxygen atoms in total. The van der Waals surface area contributed by atoms with Crippen LogP contribution in [0.25, 0.3) is 6.08 Å². The largest absolute Gasteiger partial charge is 0.480 e. The van der Waals surface area contributed by atoms with Crippen LogP contribution in [-0.2, 0) is 0 Å². The molecule has 1 N–H and O–H groups in total. The molecule has 0 spiro atoms. The average Bonchev–Trinajstić information content (AvgIpc) is 2.82. The SMILES string of the molecule is COc1cnc(NC(=O)N2CCC(=Cc3cccc(Oc4ccc(C)nc4)c3)C(C)C2)cn1. The molecule has 3 aromatic rings. The van der Waals surface area contributed by atoms with Crippen molar-refractivity contribution in [3.05, 3.63) is 71.8 Å². The molecule has 0 aliphatic carbocycles. The van der Waals surface area contributed by atoms with E-state index in [1.807, 2.05) is 37.3 Å². The second-order valence-corrected chi connectivity index (χ2v) is 8.00. The van der Waals surface area contributed by atoms with E-state index in [0.29, 0.717) is 30.5 Å². The first kappa shape index (κ1) is 22.3. The van der Waals surface area contributed by atoms with Crippen molar-refractivity contribution in [3.63, 3.8) is 0 Å². The Bertz CT molecular complexity index is 1130. The van der Waals surface area contributed by atoms with Gasteiger partial charge in [0.2, 0.25) is 5.88 Å². The predicted octanol–water partition coefficient (Wildman–Crippen LogP) is 4.94. The second kappa shape index (κ2) is 10.1. The molecule has 1 aromatic carbocycles. The number of nitrogens with one attached hydrogen (secondary N) is 1. The molecule has 0 bridgehead atoms. The quantitative estimate of drug-likeness (QED) is 0.598. The van der Waals surface area contributed by atoms with E-state index in [1.54, 1.807) is 11.1 Å². The maximum atomic E-state index is 12.6. The molecular weight excluding hydrogens is 418 g/mol. The Balaban J connectivity index is 1.37. The van der Waals surface area contributed by atoms with E-state index in [4.69, 9.17) is 9.47 Å². The van der Waals surface area contributed by atoms with Crippen LogP contribution in [-0.4, -0.2) is 46.1 Å². The maximum absolute atomic E-state index is 12.6. The summed E-state index contributed by atoms with van der Waals surface area (Å²) in [5.74, 6) is 2.51. The summed E-state index contributed by atoms with van der Waals surface area (Å²) >= 11 is 0. The Morgan fingerprint density at radius 1 is 1.12 bits per heavy atom. The van der Waals surface area contributed by atoms with Gasteiger partial charge in [-0.2, -0.15) is 0 Å². The Labute approximate surface area is 193 Å². The lowest BCUT2D eigenvalue weighted by atomic mass is 9.91. The first-order valence-corrected chi connectivity index (χ1v) is 10.8. The zero-order valence-corrected chi connectivity index (χ0v) is 19.0. The van der Waals surface area contributed by atoms with Gasteiger partial charge in [-0.1, -0.05) is 30.7 Å². The minimum atomic E-state index is -0.178. The third-order valence-corrected chi connectivity index (χ3v) is 5.49. The molecule has 170 valence electrons. The van der Waals surface area contributed by atoms with Crippen molar-refractivity contribution in [1.29, 1.82) is 0 Å². The lowest BCUT2D eigenvalue weighted by Crippen LogP contribution is -2.42. The van der Waals surface area contributed by atoms with Crippen molar-refractivity contribution >= 4 is 17.9 Å². The van der Waals surface area contributed by atoms with Crippen LogP contribution in [0.3, 0.4) is 0 Å². The number of anilines is 1. The highest BCUT2D eigenvalue weighted by atomic mass is 16.5. The zero-order valence-electron chi connectivity index (χ0n) is 19.0. The zero-order chi connectivity index (χ0) is 23.2. The number of aromatic nitrogens is 3. The lowest BCUT2D eigenvalue weighted by molar-refractivity contribution is 0.197. The highest BCUT2D eigenvalue weighted by molar-refractivity contribution is 5.88. The Morgan fingerprint density at radius 3 is 2.70 bits per heavy atom. The summed E-state index contributed by atoms with van der Waals surface area (Å²) in [6.45, 7) is 5.35. The van der Waals surface area contributed by atoms with Crippen LogP contribution in [0.15, 0.2) is 60.6 Å². The summed E-state index contributed by atoms with van der Waals surface area (Å²) in [4.78, 5) is 26.9. The molecule has 0 radical (unpaired) electrons. The Hall–Kier alpha value is -3.94. The number of carbonyl (C=O) groups is 1. The summed E-state index contributed by atoms with van der Waals surface area (Å²) in [6, 6.07) is 11.6. The molecule has 33 heavy (non-hydrogen) atoms. The van der Waals surface area contributed by atoms with Gasteiger partial charge in [0, 0.05) is 18.8 Å². The number of carbonyl (C=O) groups excluding carboxylic acids is 1. The monoisotopic (exact) mass is 445 g/mol. The van der Waals surface area contributed by atoms with Crippen molar-refractivity contribution < 1.29 is 14.3 Å². The summed E-state index contributed by atoms with van der Waals surface area (Å²) in [5.41, 5.74) is 3.32. The number of methoxy groups -OCH3 is 1. The van der Waals surface area contributed by atoms with Crippen molar-refractivity contribution in [2.75, 3.05) is 25.5 Å². The van der Waals surface area contributed by atoms with E-state index in [9.17, 15) is 4.79 Å². The number of piperidine rings is 1. The fourth-order valence-corrected chi connectivity index (χ4v) is 3.66. The fourth-order valence-electron chi connectivity index (χ4n) is 3.66. The van der Waals surface area contributed by atoms with Gasteiger partial charge in [-0.3, -0.25) is 10.3 Å². The molecule has 1 aliphatic rings. The van der Waals surface area contributed by atoms with Crippen LogP contribution < -0.4 is 14.8 Å². The molecule has 1 aliphatic heterocycles. The smallest absolute Gasteiger partial charge is 0.323 e. The van der Waals surface area contributed by atoms with E-state index < -0.39 is 0 Å².